The van der Waals surface area contributed by atoms with Crippen molar-refractivity contribution in [3.63, 3.8) is 0 Å². The molecule has 0 radical (unpaired) electrons. The molecule has 0 aromatic carbocycles. The molecule has 2 aromatic rings. The predicted molar refractivity (Wildman–Crippen MR) is 97.3 cm³/mol. The lowest BCUT2D eigenvalue weighted by atomic mass is 10.1. The molecule has 0 saturated carbocycles. The van der Waals surface area contributed by atoms with Gasteiger partial charge in [-0.05, 0) is 26.0 Å². The van der Waals surface area contributed by atoms with Crippen LogP contribution >= 0.6 is 0 Å². The Bertz CT molecular complexity index is 893. The third-order valence-corrected chi connectivity index (χ3v) is 4.60. The van der Waals surface area contributed by atoms with Crippen LogP contribution in [0.3, 0.4) is 0 Å². The molecule has 1 fully saturated rings. The molecule has 138 valence electrons. The van der Waals surface area contributed by atoms with E-state index in [0.717, 1.165) is 11.4 Å². The van der Waals surface area contributed by atoms with Gasteiger partial charge in [-0.2, -0.15) is 0 Å². The monoisotopic (exact) mass is 357 g/mol. The van der Waals surface area contributed by atoms with E-state index in [2.05, 4.69) is 15.3 Å². The van der Waals surface area contributed by atoms with Gasteiger partial charge in [0.1, 0.15) is 17.4 Å². The van der Waals surface area contributed by atoms with Crippen LogP contribution in [0, 0.1) is 13.8 Å². The summed E-state index contributed by atoms with van der Waals surface area (Å²) >= 11 is 0. The maximum atomic E-state index is 13.1. The Balaban J connectivity index is 2.00. The van der Waals surface area contributed by atoms with Crippen LogP contribution in [0.2, 0.25) is 0 Å². The summed E-state index contributed by atoms with van der Waals surface area (Å²) in [4.78, 5) is 36.2. The second-order valence-corrected chi connectivity index (χ2v) is 6.34. The fraction of sp³-hybridized carbons (Fsp3) is 0.444. The highest BCUT2D eigenvalue weighted by Gasteiger charge is 2.33. The molecular formula is C18H23N5O3. The topological polar surface area (TPSA) is 89.4 Å². The van der Waals surface area contributed by atoms with Gasteiger partial charge >= 0.3 is 0 Å². The van der Waals surface area contributed by atoms with Crippen molar-refractivity contribution in [1.29, 1.82) is 0 Å². The molecule has 0 spiro atoms. The Morgan fingerprint density at radius 3 is 2.81 bits per heavy atom. The van der Waals surface area contributed by atoms with E-state index in [0.29, 0.717) is 31.4 Å². The first kappa shape index (κ1) is 18.1. The van der Waals surface area contributed by atoms with E-state index in [4.69, 9.17) is 4.74 Å². The number of nitrogens with zero attached hydrogens (tertiary/aromatic N) is 4. The summed E-state index contributed by atoms with van der Waals surface area (Å²) in [7, 11) is 3.44. The van der Waals surface area contributed by atoms with Crippen LogP contribution < -0.4 is 10.9 Å². The molecule has 26 heavy (non-hydrogen) atoms. The van der Waals surface area contributed by atoms with Crippen molar-refractivity contribution in [3.05, 3.63) is 51.3 Å². The molecule has 1 atom stereocenters. The lowest BCUT2D eigenvalue weighted by Gasteiger charge is -2.34. The van der Waals surface area contributed by atoms with Gasteiger partial charge in [0.15, 0.2) is 5.82 Å². The highest BCUT2D eigenvalue weighted by Crippen LogP contribution is 2.24. The van der Waals surface area contributed by atoms with E-state index in [1.807, 2.05) is 19.9 Å². The standard InChI is InChI=1S/C18H23N5O3/c1-11-9-15(19-3)21-16(20-11)14-10-26-8-7-23(14)18(25)13-6-5-12(2)22(4)17(13)24/h5-6,9,14H,7-8,10H2,1-4H3,(H,19,20,21)/t14-/m0/s1. The van der Waals surface area contributed by atoms with Crippen molar-refractivity contribution in [2.75, 3.05) is 32.1 Å². The second kappa shape index (κ2) is 7.25. The van der Waals surface area contributed by atoms with E-state index in [1.165, 1.54) is 4.57 Å². The molecule has 0 aliphatic carbocycles. The molecular weight excluding hydrogens is 334 g/mol. The smallest absolute Gasteiger partial charge is 0.263 e. The number of carbonyl (C=O) groups excluding carboxylic acids is 1. The lowest BCUT2D eigenvalue weighted by molar-refractivity contribution is -0.00535. The van der Waals surface area contributed by atoms with Crippen LogP contribution in [-0.2, 0) is 11.8 Å². The van der Waals surface area contributed by atoms with Crippen molar-refractivity contribution < 1.29 is 9.53 Å². The molecule has 0 bridgehead atoms. The minimum atomic E-state index is -0.436. The lowest BCUT2D eigenvalue weighted by Crippen LogP contribution is -2.46. The van der Waals surface area contributed by atoms with E-state index < -0.39 is 6.04 Å². The summed E-state index contributed by atoms with van der Waals surface area (Å²) in [6.07, 6.45) is 0. The maximum absolute atomic E-state index is 13.1. The fourth-order valence-electron chi connectivity index (χ4n) is 2.97. The van der Waals surface area contributed by atoms with E-state index in [-0.39, 0.29) is 17.0 Å². The third-order valence-electron chi connectivity index (χ3n) is 4.60. The average Bonchev–Trinajstić information content (AvgIpc) is 2.65. The molecule has 1 aliphatic rings. The number of morpholine rings is 1. The van der Waals surface area contributed by atoms with Crippen molar-refractivity contribution in [2.24, 2.45) is 7.05 Å². The SMILES string of the molecule is CNc1cc(C)nc([C@@H]2COCCN2C(=O)c2ccc(C)n(C)c2=O)n1. The highest BCUT2D eigenvalue weighted by molar-refractivity contribution is 5.94. The second-order valence-electron chi connectivity index (χ2n) is 6.34. The van der Waals surface area contributed by atoms with Crippen LogP contribution in [0.1, 0.15) is 33.6 Å². The number of aromatic nitrogens is 3. The molecule has 1 aliphatic heterocycles. The van der Waals surface area contributed by atoms with Gasteiger partial charge in [0.25, 0.3) is 11.5 Å². The minimum Gasteiger partial charge on any atom is -0.377 e. The highest BCUT2D eigenvalue weighted by atomic mass is 16.5. The van der Waals surface area contributed by atoms with Crippen LogP contribution in [-0.4, -0.2) is 52.1 Å². The Morgan fingerprint density at radius 1 is 1.31 bits per heavy atom. The number of aryl methyl sites for hydroxylation is 2. The van der Waals surface area contributed by atoms with Crippen LogP contribution in [0.5, 0.6) is 0 Å². The van der Waals surface area contributed by atoms with Crippen molar-refractivity contribution in [3.8, 4) is 0 Å². The number of anilines is 1. The number of carbonyl (C=O) groups is 1. The number of rotatable bonds is 3. The third kappa shape index (κ3) is 3.32. The first-order chi connectivity index (χ1) is 12.4. The first-order valence-corrected chi connectivity index (χ1v) is 8.51. The van der Waals surface area contributed by atoms with Gasteiger partial charge in [0, 0.05) is 38.1 Å². The predicted octanol–water partition coefficient (Wildman–Crippen LogP) is 1.05. The number of hydrogen-bond acceptors (Lipinski definition) is 6. The zero-order valence-corrected chi connectivity index (χ0v) is 15.4. The summed E-state index contributed by atoms with van der Waals surface area (Å²) in [6, 6.07) is 4.75. The molecule has 3 rings (SSSR count). The molecule has 1 amide bonds. The molecule has 0 unspecified atom stereocenters. The van der Waals surface area contributed by atoms with E-state index in [1.54, 1.807) is 31.1 Å². The normalized spacial score (nSPS) is 17.2. The average molecular weight is 357 g/mol. The number of pyridine rings is 1. The van der Waals surface area contributed by atoms with Gasteiger partial charge in [-0.3, -0.25) is 9.59 Å². The summed E-state index contributed by atoms with van der Waals surface area (Å²) in [5, 5.41) is 3.00. The number of amides is 1. The quantitative estimate of drug-likeness (QED) is 0.883. The largest absolute Gasteiger partial charge is 0.377 e. The Labute approximate surface area is 151 Å². The molecule has 1 N–H and O–H groups in total. The van der Waals surface area contributed by atoms with E-state index >= 15 is 0 Å². The Kier molecular flexibility index (Phi) is 5.03. The summed E-state index contributed by atoms with van der Waals surface area (Å²) in [6.45, 7) is 4.79. The number of ether oxygens (including phenoxy) is 1. The maximum Gasteiger partial charge on any atom is 0.263 e. The number of hydrogen-bond donors (Lipinski definition) is 1. The Morgan fingerprint density at radius 2 is 2.08 bits per heavy atom. The zero-order valence-electron chi connectivity index (χ0n) is 15.4. The first-order valence-electron chi connectivity index (χ1n) is 8.51. The van der Waals surface area contributed by atoms with Crippen LogP contribution in [0.4, 0.5) is 5.82 Å². The van der Waals surface area contributed by atoms with Gasteiger partial charge in [0.05, 0.1) is 13.2 Å². The van der Waals surface area contributed by atoms with Crippen molar-refractivity contribution in [2.45, 2.75) is 19.9 Å². The van der Waals surface area contributed by atoms with Crippen molar-refractivity contribution >= 4 is 11.7 Å². The van der Waals surface area contributed by atoms with E-state index in [9.17, 15) is 9.59 Å². The van der Waals surface area contributed by atoms with Gasteiger partial charge in [-0.25, -0.2) is 9.97 Å². The molecule has 2 aromatic heterocycles. The molecule has 8 heteroatoms. The van der Waals surface area contributed by atoms with Gasteiger partial charge < -0.3 is 19.5 Å². The summed E-state index contributed by atoms with van der Waals surface area (Å²) < 4.78 is 7.04. The zero-order chi connectivity index (χ0) is 18.8. The van der Waals surface area contributed by atoms with Gasteiger partial charge in [0.2, 0.25) is 0 Å². The minimum absolute atomic E-state index is 0.145. The fourth-order valence-corrected chi connectivity index (χ4v) is 2.97. The molecule has 1 saturated heterocycles. The Hall–Kier alpha value is -2.74. The van der Waals surface area contributed by atoms with Crippen molar-refractivity contribution in [1.82, 2.24) is 19.4 Å². The summed E-state index contributed by atoms with van der Waals surface area (Å²) in [5.74, 6) is 0.859. The summed E-state index contributed by atoms with van der Waals surface area (Å²) in [5.41, 5.74) is 1.43. The molecule has 3 heterocycles. The molecule has 8 nitrogen and oxygen atoms in total. The number of nitrogens with one attached hydrogen (secondary N) is 1. The van der Waals surface area contributed by atoms with Gasteiger partial charge in [-0.1, -0.05) is 0 Å². The van der Waals surface area contributed by atoms with Gasteiger partial charge in [-0.15, -0.1) is 0 Å². The van der Waals surface area contributed by atoms with Crippen LogP contribution in [0.25, 0.3) is 0 Å². The van der Waals surface area contributed by atoms with Crippen LogP contribution in [0.15, 0.2) is 23.0 Å².